The number of hydrogen-bond donors (Lipinski definition) is 2. The van der Waals surface area contributed by atoms with Crippen LogP contribution in [0.3, 0.4) is 0 Å². The van der Waals surface area contributed by atoms with E-state index >= 15 is 0 Å². The first kappa shape index (κ1) is 22.0. The minimum absolute atomic E-state index is 0.153. The fraction of sp³-hybridized carbons (Fsp3) is 0.0323. The Hall–Kier alpha value is -4.48. The molecule has 2 heterocycles. The van der Waals surface area contributed by atoms with E-state index in [2.05, 4.69) is 63.5 Å². The van der Waals surface area contributed by atoms with Gasteiger partial charge >= 0.3 is 0 Å². The summed E-state index contributed by atoms with van der Waals surface area (Å²) in [5.74, 6) is -0.153. The van der Waals surface area contributed by atoms with Gasteiger partial charge in [-0.05, 0) is 58.3 Å². The fourth-order valence-corrected chi connectivity index (χ4v) is 5.45. The lowest BCUT2D eigenvalue weighted by Gasteiger charge is -2.14. The van der Waals surface area contributed by atoms with Gasteiger partial charge in [0.15, 0.2) is 0 Å². The van der Waals surface area contributed by atoms with Gasteiger partial charge < -0.3 is 10.6 Å². The molecule has 6 rings (SSSR count). The van der Waals surface area contributed by atoms with Gasteiger partial charge in [0.25, 0.3) is 5.91 Å². The SMILES string of the molecule is O=C(Nc1ccccc1-c1cccc(NCc2csc3ccccc23)c1)c1ccnc2ccccc12. The van der Waals surface area contributed by atoms with Crippen LogP contribution in [0.15, 0.2) is 115 Å². The predicted octanol–water partition coefficient (Wildman–Crippen LogP) is 7.98. The number of carbonyl (C=O) groups excluding carboxylic acids is 1. The predicted molar refractivity (Wildman–Crippen MR) is 151 cm³/mol. The molecule has 0 bridgehead atoms. The fourth-order valence-electron chi connectivity index (χ4n) is 4.49. The molecule has 2 N–H and O–H groups in total. The number of nitrogens with one attached hydrogen (secondary N) is 2. The van der Waals surface area contributed by atoms with Gasteiger partial charge in [-0.2, -0.15) is 0 Å². The molecule has 0 saturated carbocycles. The summed E-state index contributed by atoms with van der Waals surface area (Å²) in [6, 6.07) is 34.1. The summed E-state index contributed by atoms with van der Waals surface area (Å²) >= 11 is 1.77. The van der Waals surface area contributed by atoms with E-state index in [4.69, 9.17) is 0 Å². The molecule has 0 atom stereocenters. The molecule has 0 fully saturated rings. The number of anilines is 2. The number of amides is 1. The zero-order valence-corrected chi connectivity index (χ0v) is 20.3. The molecule has 5 heteroatoms. The molecule has 0 aliphatic heterocycles. The molecular weight excluding hydrogens is 462 g/mol. The highest BCUT2D eigenvalue weighted by Crippen LogP contribution is 2.31. The van der Waals surface area contributed by atoms with E-state index in [1.165, 1.54) is 15.6 Å². The van der Waals surface area contributed by atoms with Crippen molar-refractivity contribution in [2.45, 2.75) is 6.54 Å². The van der Waals surface area contributed by atoms with Crippen LogP contribution < -0.4 is 10.6 Å². The van der Waals surface area contributed by atoms with Crippen LogP contribution in [0.5, 0.6) is 0 Å². The number of benzene rings is 4. The lowest BCUT2D eigenvalue weighted by molar-refractivity contribution is 0.102. The number of fused-ring (bicyclic) bond motifs is 2. The number of nitrogens with zero attached hydrogens (tertiary/aromatic N) is 1. The van der Waals surface area contributed by atoms with Crippen molar-refractivity contribution in [2.24, 2.45) is 0 Å². The van der Waals surface area contributed by atoms with Crippen molar-refractivity contribution in [3.8, 4) is 11.1 Å². The molecule has 1 amide bonds. The van der Waals surface area contributed by atoms with Crippen molar-refractivity contribution in [1.29, 1.82) is 0 Å². The van der Waals surface area contributed by atoms with Crippen molar-refractivity contribution >= 4 is 49.6 Å². The minimum atomic E-state index is -0.153. The third-order valence-electron chi connectivity index (χ3n) is 6.29. The summed E-state index contributed by atoms with van der Waals surface area (Å²) in [5, 5.41) is 11.0. The van der Waals surface area contributed by atoms with Gasteiger partial charge in [-0.25, -0.2) is 0 Å². The van der Waals surface area contributed by atoms with Crippen LogP contribution in [-0.4, -0.2) is 10.9 Å². The summed E-state index contributed by atoms with van der Waals surface area (Å²) < 4.78 is 1.30. The third-order valence-corrected chi connectivity index (χ3v) is 7.30. The Morgan fingerprint density at radius 3 is 2.56 bits per heavy atom. The van der Waals surface area contributed by atoms with E-state index < -0.39 is 0 Å². The maximum atomic E-state index is 13.3. The highest BCUT2D eigenvalue weighted by atomic mass is 32.1. The van der Waals surface area contributed by atoms with Gasteiger partial charge in [0.05, 0.1) is 11.1 Å². The summed E-state index contributed by atoms with van der Waals surface area (Å²) in [6.07, 6.45) is 1.68. The van der Waals surface area contributed by atoms with E-state index in [1.54, 1.807) is 23.6 Å². The van der Waals surface area contributed by atoms with Crippen LogP contribution in [0, 0.1) is 0 Å². The van der Waals surface area contributed by atoms with Crippen LogP contribution in [0.25, 0.3) is 32.1 Å². The van der Waals surface area contributed by atoms with Crippen LogP contribution in [0.1, 0.15) is 15.9 Å². The number of hydrogen-bond acceptors (Lipinski definition) is 4. The maximum absolute atomic E-state index is 13.3. The molecule has 36 heavy (non-hydrogen) atoms. The second-order valence-electron chi connectivity index (χ2n) is 8.57. The number of thiophene rings is 1. The van der Waals surface area contributed by atoms with E-state index in [0.29, 0.717) is 5.56 Å². The highest BCUT2D eigenvalue weighted by molar-refractivity contribution is 7.17. The van der Waals surface area contributed by atoms with Crippen LogP contribution in [-0.2, 0) is 6.54 Å². The molecule has 0 saturated heterocycles. The van der Waals surface area contributed by atoms with E-state index in [1.807, 2.05) is 54.6 Å². The Morgan fingerprint density at radius 2 is 1.61 bits per heavy atom. The normalized spacial score (nSPS) is 11.0. The van der Waals surface area contributed by atoms with Gasteiger partial charge in [-0.1, -0.05) is 66.7 Å². The van der Waals surface area contributed by atoms with Crippen LogP contribution >= 0.6 is 11.3 Å². The van der Waals surface area contributed by atoms with Gasteiger partial charge in [0.2, 0.25) is 0 Å². The highest BCUT2D eigenvalue weighted by Gasteiger charge is 2.13. The first-order valence-corrected chi connectivity index (χ1v) is 12.7. The van der Waals surface area contributed by atoms with E-state index in [-0.39, 0.29) is 5.91 Å². The molecular formula is C31H23N3OS. The largest absolute Gasteiger partial charge is 0.381 e. The number of carbonyl (C=O) groups is 1. The molecule has 0 aliphatic rings. The standard InChI is InChI=1S/C31H23N3OS/c35-31(27-16-17-32-28-13-4-2-12-26(27)28)34-29-14-5-1-10-24(29)21-8-7-9-23(18-21)33-19-22-20-36-30-15-6-3-11-25(22)30/h1-18,20,33H,19H2,(H,34,35). The second kappa shape index (κ2) is 9.64. The lowest BCUT2D eigenvalue weighted by atomic mass is 10.0. The molecule has 0 aliphatic carbocycles. The first-order valence-electron chi connectivity index (χ1n) is 11.8. The third kappa shape index (κ3) is 4.32. The second-order valence-corrected chi connectivity index (χ2v) is 9.48. The van der Waals surface area contributed by atoms with Crippen molar-refractivity contribution < 1.29 is 4.79 Å². The van der Waals surface area contributed by atoms with Crippen molar-refractivity contribution in [3.63, 3.8) is 0 Å². The Labute approximate surface area is 213 Å². The molecule has 0 spiro atoms. The average Bonchev–Trinajstić information content (AvgIpc) is 3.35. The van der Waals surface area contributed by atoms with Gasteiger partial charge in [0, 0.05) is 39.8 Å². The van der Waals surface area contributed by atoms with Crippen molar-refractivity contribution in [3.05, 3.63) is 126 Å². The molecule has 2 aromatic heterocycles. The van der Waals surface area contributed by atoms with E-state index in [9.17, 15) is 4.79 Å². The Kier molecular flexibility index (Phi) is 5.90. The molecule has 0 unspecified atom stereocenters. The number of rotatable bonds is 6. The Bertz CT molecular complexity index is 1700. The smallest absolute Gasteiger partial charge is 0.256 e. The van der Waals surface area contributed by atoms with Gasteiger partial charge in [-0.15, -0.1) is 11.3 Å². The number of aromatic nitrogens is 1. The zero-order chi connectivity index (χ0) is 24.3. The zero-order valence-electron chi connectivity index (χ0n) is 19.4. The summed E-state index contributed by atoms with van der Waals surface area (Å²) in [4.78, 5) is 17.6. The first-order chi connectivity index (χ1) is 17.8. The molecule has 174 valence electrons. The lowest BCUT2D eigenvalue weighted by Crippen LogP contribution is -2.13. The Morgan fingerprint density at radius 1 is 0.806 bits per heavy atom. The van der Waals surface area contributed by atoms with Crippen LogP contribution in [0.2, 0.25) is 0 Å². The van der Waals surface area contributed by atoms with Crippen LogP contribution in [0.4, 0.5) is 11.4 Å². The summed E-state index contributed by atoms with van der Waals surface area (Å²) in [7, 11) is 0. The summed E-state index contributed by atoms with van der Waals surface area (Å²) in [6.45, 7) is 0.751. The number of pyridine rings is 1. The number of para-hydroxylation sites is 2. The topological polar surface area (TPSA) is 54.0 Å². The van der Waals surface area contributed by atoms with Gasteiger partial charge in [-0.3, -0.25) is 9.78 Å². The molecule has 4 nitrogen and oxygen atoms in total. The molecule has 4 aromatic carbocycles. The van der Waals surface area contributed by atoms with Gasteiger partial charge in [0.1, 0.15) is 0 Å². The average molecular weight is 486 g/mol. The Balaban J connectivity index is 1.26. The quantitative estimate of drug-likeness (QED) is 0.251. The molecule has 0 radical (unpaired) electrons. The molecule has 6 aromatic rings. The summed E-state index contributed by atoms with van der Waals surface area (Å²) in [5.41, 5.74) is 6.50. The monoisotopic (exact) mass is 485 g/mol. The van der Waals surface area contributed by atoms with Crippen molar-refractivity contribution in [2.75, 3.05) is 10.6 Å². The minimum Gasteiger partial charge on any atom is -0.381 e. The van der Waals surface area contributed by atoms with Crippen molar-refractivity contribution in [1.82, 2.24) is 4.98 Å². The van der Waals surface area contributed by atoms with E-state index in [0.717, 1.165) is 39.9 Å². The maximum Gasteiger partial charge on any atom is 0.256 e.